The maximum absolute atomic E-state index is 11.6. The number of ether oxygens (including phenoxy) is 2. The number of benzene rings is 1. The molecule has 0 unspecified atom stereocenters. The predicted octanol–water partition coefficient (Wildman–Crippen LogP) is 3.21. The summed E-state index contributed by atoms with van der Waals surface area (Å²) in [6.07, 6.45) is 0. The largest absolute Gasteiger partial charge is 0.496 e. The molecule has 0 aliphatic heterocycles. The summed E-state index contributed by atoms with van der Waals surface area (Å²) >= 11 is 1.62. The molecule has 0 bridgehead atoms. The number of methoxy groups -OCH3 is 2. The highest BCUT2D eigenvalue weighted by atomic mass is 32.1. The van der Waals surface area contributed by atoms with Crippen LogP contribution in [0.1, 0.15) is 10.4 Å². The summed E-state index contributed by atoms with van der Waals surface area (Å²) in [6.45, 7) is 0. The van der Waals surface area contributed by atoms with Gasteiger partial charge < -0.3 is 9.47 Å². The van der Waals surface area contributed by atoms with Crippen molar-refractivity contribution in [3.8, 4) is 16.9 Å². The van der Waals surface area contributed by atoms with Crippen LogP contribution in [0.4, 0.5) is 0 Å². The Labute approximate surface area is 104 Å². The van der Waals surface area contributed by atoms with Crippen LogP contribution >= 0.6 is 11.3 Å². The number of esters is 1. The first-order valence-electron chi connectivity index (χ1n) is 5.05. The van der Waals surface area contributed by atoms with Crippen molar-refractivity contribution < 1.29 is 14.3 Å². The third-order valence-corrected chi connectivity index (χ3v) is 3.14. The van der Waals surface area contributed by atoms with Crippen LogP contribution in [-0.2, 0) is 4.74 Å². The van der Waals surface area contributed by atoms with Crippen molar-refractivity contribution in [2.24, 2.45) is 0 Å². The fourth-order valence-corrected chi connectivity index (χ4v) is 2.25. The van der Waals surface area contributed by atoms with Gasteiger partial charge in [-0.05, 0) is 40.1 Å². The van der Waals surface area contributed by atoms with E-state index in [1.165, 1.54) is 14.2 Å². The Bertz CT molecular complexity index is 517. The van der Waals surface area contributed by atoms with Crippen molar-refractivity contribution in [1.29, 1.82) is 0 Å². The zero-order chi connectivity index (χ0) is 12.3. The van der Waals surface area contributed by atoms with Crippen molar-refractivity contribution in [2.45, 2.75) is 0 Å². The fourth-order valence-electron chi connectivity index (χ4n) is 1.59. The number of thiophene rings is 1. The average molecular weight is 248 g/mol. The topological polar surface area (TPSA) is 35.5 Å². The first-order chi connectivity index (χ1) is 8.26. The molecule has 0 amide bonds. The van der Waals surface area contributed by atoms with E-state index in [-0.39, 0.29) is 5.97 Å². The van der Waals surface area contributed by atoms with Crippen LogP contribution in [-0.4, -0.2) is 20.2 Å². The summed E-state index contributed by atoms with van der Waals surface area (Å²) in [5, 5.41) is 4.03. The van der Waals surface area contributed by atoms with Gasteiger partial charge in [0.1, 0.15) is 11.3 Å². The van der Waals surface area contributed by atoms with Gasteiger partial charge in [-0.15, -0.1) is 0 Å². The number of hydrogen-bond donors (Lipinski definition) is 0. The molecule has 4 heteroatoms. The molecular formula is C13H12O3S. The normalized spacial score (nSPS) is 10.0. The third-order valence-electron chi connectivity index (χ3n) is 2.46. The number of carbonyl (C=O) groups is 1. The zero-order valence-corrected chi connectivity index (χ0v) is 10.4. The Balaban J connectivity index is 2.48. The zero-order valence-electron chi connectivity index (χ0n) is 9.60. The van der Waals surface area contributed by atoms with Crippen molar-refractivity contribution in [3.63, 3.8) is 0 Å². The summed E-state index contributed by atoms with van der Waals surface area (Å²) in [7, 11) is 2.89. The standard InChI is InChI=1S/C13H12O3S/c1-15-12-4-3-9(10-5-6-17-8-10)7-11(12)13(14)16-2/h3-8H,1-2H3. The van der Waals surface area contributed by atoms with E-state index in [4.69, 9.17) is 9.47 Å². The highest BCUT2D eigenvalue weighted by Gasteiger charge is 2.13. The molecule has 0 N–H and O–H groups in total. The number of carbonyl (C=O) groups excluding carboxylic acids is 1. The highest BCUT2D eigenvalue weighted by molar-refractivity contribution is 7.08. The van der Waals surface area contributed by atoms with Gasteiger partial charge in [0.05, 0.1) is 14.2 Å². The molecule has 1 heterocycles. The van der Waals surface area contributed by atoms with E-state index in [0.717, 1.165) is 11.1 Å². The van der Waals surface area contributed by atoms with E-state index < -0.39 is 0 Å². The first-order valence-corrected chi connectivity index (χ1v) is 5.99. The molecule has 0 fully saturated rings. The van der Waals surface area contributed by atoms with Gasteiger partial charge >= 0.3 is 5.97 Å². The average Bonchev–Trinajstić information content (AvgIpc) is 2.91. The van der Waals surface area contributed by atoms with Gasteiger partial charge in [0.2, 0.25) is 0 Å². The summed E-state index contributed by atoms with van der Waals surface area (Å²) < 4.78 is 9.88. The lowest BCUT2D eigenvalue weighted by Gasteiger charge is -2.08. The smallest absolute Gasteiger partial charge is 0.341 e. The molecule has 1 aromatic heterocycles. The molecule has 0 atom stereocenters. The molecule has 0 aliphatic carbocycles. The minimum absolute atomic E-state index is 0.390. The lowest BCUT2D eigenvalue weighted by molar-refractivity contribution is 0.0597. The van der Waals surface area contributed by atoms with Crippen molar-refractivity contribution in [1.82, 2.24) is 0 Å². The molecule has 2 aromatic rings. The van der Waals surface area contributed by atoms with Gasteiger partial charge in [0.25, 0.3) is 0 Å². The Morgan fingerprint density at radius 2 is 2.00 bits per heavy atom. The van der Waals surface area contributed by atoms with Crippen LogP contribution in [0, 0.1) is 0 Å². The molecule has 17 heavy (non-hydrogen) atoms. The van der Waals surface area contributed by atoms with Gasteiger partial charge in [-0.3, -0.25) is 0 Å². The maximum atomic E-state index is 11.6. The molecule has 0 saturated heterocycles. The molecule has 88 valence electrons. The van der Waals surface area contributed by atoms with Crippen LogP contribution < -0.4 is 4.74 Å². The fraction of sp³-hybridized carbons (Fsp3) is 0.154. The second-order valence-electron chi connectivity index (χ2n) is 3.42. The summed E-state index contributed by atoms with van der Waals surface area (Å²) in [6, 6.07) is 7.49. The lowest BCUT2D eigenvalue weighted by Crippen LogP contribution is -2.04. The minimum Gasteiger partial charge on any atom is -0.496 e. The molecule has 0 radical (unpaired) electrons. The van der Waals surface area contributed by atoms with Crippen molar-refractivity contribution in [3.05, 3.63) is 40.6 Å². The second-order valence-corrected chi connectivity index (χ2v) is 4.20. The Kier molecular flexibility index (Phi) is 3.44. The van der Waals surface area contributed by atoms with Crippen LogP contribution in [0.15, 0.2) is 35.0 Å². The van der Waals surface area contributed by atoms with Gasteiger partial charge in [0.15, 0.2) is 0 Å². The molecule has 0 saturated carbocycles. The number of rotatable bonds is 3. The van der Waals surface area contributed by atoms with Gasteiger partial charge in [-0.25, -0.2) is 4.79 Å². The lowest BCUT2D eigenvalue weighted by atomic mass is 10.1. The second kappa shape index (κ2) is 5.01. The van der Waals surface area contributed by atoms with Crippen LogP contribution in [0.25, 0.3) is 11.1 Å². The van der Waals surface area contributed by atoms with E-state index in [1.807, 2.05) is 22.9 Å². The molecule has 1 aromatic carbocycles. The van der Waals surface area contributed by atoms with E-state index in [1.54, 1.807) is 23.5 Å². The highest BCUT2D eigenvalue weighted by Crippen LogP contribution is 2.28. The van der Waals surface area contributed by atoms with E-state index in [0.29, 0.717) is 11.3 Å². The monoisotopic (exact) mass is 248 g/mol. The van der Waals surface area contributed by atoms with Crippen molar-refractivity contribution >= 4 is 17.3 Å². The van der Waals surface area contributed by atoms with Crippen LogP contribution in [0.2, 0.25) is 0 Å². The Morgan fingerprint density at radius 3 is 2.59 bits per heavy atom. The molecule has 0 aliphatic rings. The van der Waals surface area contributed by atoms with Crippen LogP contribution in [0.5, 0.6) is 5.75 Å². The summed E-state index contributed by atoms with van der Waals surface area (Å²) in [5.74, 6) is 0.134. The quantitative estimate of drug-likeness (QED) is 0.782. The van der Waals surface area contributed by atoms with E-state index >= 15 is 0 Å². The molecule has 2 rings (SSSR count). The van der Waals surface area contributed by atoms with Gasteiger partial charge in [-0.2, -0.15) is 11.3 Å². The van der Waals surface area contributed by atoms with Gasteiger partial charge in [-0.1, -0.05) is 6.07 Å². The Morgan fingerprint density at radius 1 is 1.18 bits per heavy atom. The maximum Gasteiger partial charge on any atom is 0.341 e. The number of hydrogen-bond acceptors (Lipinski definition) is 4. The Hall–Kier alpha value is -1.81. The SMILES string of the molecule is COC(=O)c1cc(-c2ccsc2)ccc1OC. The molecular weight excluding hydrogens is 236 g/mol. The van der Waals surface area contributed by atoms with E-state index in [2.05, 4.69) is 0 Å². The molecule has 3 nitrogen and oxygen atoms in total. The van der Waals surface area contributed by atoms with Crippen molar-refractivity contribution in [2.75, 3.05) is 14.2 Å². The summed E-state index contributed by atoms with van der Waals surface area (Å²) in [4.78, 5) is 11.6. The minimum atomic E-state index is -0.390. The third kappa shape index (κ3) is 2.31. The van der Waals surface area contributed by atoms with Crippen LogP contribution in [0.3, 0.4) is 0 Å². The first kappa shape index (κ1) is 11.7. The van der Waals surface area contributed by atoms with E-state index in [9.17, 15) is 4.79 Å². The predicted molar refractivity (Wildman–Crippen MR) is 67.6 cm³/mol. The molecule has 0 spiro atoms. The van der Waals surface area contributed by atoms with Gasteiger partial charge in [0, 0.05) is 0 Å². The summed E-state index contributed by atoms with van der Waals surface area (Å²) in [5.41, 5.74) is 2.51.